The predicted molar refractivity (Wildman–Crippen MR) is 49.8 cm³/mol. The molecule has 0 aliphatic heterocycles. The summed E-state index contributed by atoms with van der Waals surface area (Å²) < 4.78 is 12.1. The average Bonchev–Trinajstić information content (AvgIpc) is 2.06. The summed E-state index contributed by atoms with van der Waals surface area (Å²) in [7, 11) is 0. The van der Waals surface area contributed by atoms with E-state index in [1.54, 1.807) is 0 Å². The molecule has 0 aromatic carbocycles. The van der Waals surface area contributed by atoms with Gasteiger partial charge in [0.25, 0.3) is 0 Å². The van der Waals surface area contributed by atoms with Crippen molar-refractivity contribution in [1.29, 1.82) is 0 Å². The Morgan fingerprint density at radius 1 is 1.42 bits per heavy atom. The third-order valence-electron chi connectivity index (χ3n) is 3.27. The molecule has 1 aliphatic rings. The first kappa shape index (κ1) is 9.97. The average molecular weight is 173 g/mol. The lowest BCUT2D eigenvalue weighted by atomic mass is 9.75. The van der Waals surface area contributed by atoms with Crippen LogP contribution in [0.4, 0.5) is 4.39 Å². The van der Waals surface area contributed by atoms with E-state index >= 15 is 0 Å². The van der Waals surface area contributed by atoms with Gasteiger partial charge in [0, 0.05) is 5.54 Å². The predicted octanol–water partition coefficient (Wildman–Crippen LogP) is 2.64. The summed E-state index contributed by atoms with van der Waals surface area (Å²) in [5.41, 5.74) is 5.88. The normalized spacial score (nSPS) is 36.8. The molecule has 0 heterocycles. The summed E-state index contributed by atoms with van der Waals surface area (Å²) in [6.07, 6.45) is 6.26. The van der Waals surface area contributed by atoms with E-state index in [2.05, 4.69) is 6.92 Å². The molecule has 1 rings (SSSR count). The molecule has 0 unspecified atom stereocenters. The molecule has 72 valence electrons. The molecule has 1 saturated carbocycles. The van der Waals surface area contributed by atoms with E-state index in [1.165, 1.54) is 19.3 Å². The zero-order valence-corrected chi connectivity index (χ0v) is 7.98. The third kappa shape index (κ3) is 2.44. The standard InChI is InChI=1S/C10H20FN/c1-2-9-3-5-10(12,6-4-9)7-8-11/h9H,2-8,12H2,1H3. The van der Waals surface area contributed by atoms with Crippen LogP contribution in [-0.4, -0.2) is 12.2 Å². The summed E-state index contributed by atoms with van der Waals surface area (Å²) in [4.78, 5) is 0. The highest BCUT2D eigenvalue weighted by atomic mass is 19.1. The van der Waals surface area contributed by atoms with Gasteiger partial charge in [-0.25, -0.2) is 0 Å². The van der Waals surface area contributed by atoms with Crippen molar-refractivity contribution >= 4 is 0 Å². The topological polar surface area (TPSA) is 26.0 Å². The molecule has 0 amide bonds. The highest BCUT2D eigenvalue weighted by Crippen LogP contribution is 2.33. The lowest BCUT2D eigenvalue weighted by molar-refractivity contribution is 0.204. The van der Waals surface area contributed by atoms with Gasteiger partial charge in [0.15, 0.2) is 0 Å². The lowest BCUT2D eigenvalue weighted by Crippen LogP contribution is -2.43. The van der Waals surface area contributed by atoms with Crippen molar-refractivity contribution in [2.45, 2.75) is 51.0 Å². The Hall–Kier alpha value is -0.110. The first-order chi connectivity index (χ1) is 5.70. The van der Waals surface area contributed by atoms with Crippen molar-refractivity contribution < 1.29 is 4.39 Å². The monoisotopic (exact) mass is 173 g/mol. The van der Waals surface area contributed by atoms with E-state index in [4.69, 9.17) is 5.73 Å². The SMILES string of the molecule is CCC1CCC(N)(CCF)CC1. The van der Waals surface area contributed by atoms with Gasteiger partial charge in [-0.05, 0) is 38.0 Å². The fourth-order valence-corrected chi connectivity index (χ4v) is 2.10. The largest absolute Gasteiger partial charge is 0.325 e. The van der Waals surface area contributed by atoms with Gasteiger partial charge in [-0.2, -0.15) is 0 Å². The maximum atomic E-state index is 12.1. The summed E-state index contributed by atoms with van der Waals surface area (Å²) in [6.45, 7) is 1.97. The van der Waals surface area contributed by atoms with Crippen LogP contribution in [0.3, 0.4) is 0 Å². The molecule has 2 N–H and O–H groups in total. The molecule has 0 aromatic heterocycles. The van der Waals surface area contributed by atoms with Gasteiger partial charge in [0.05, 0.1) is 6.67 Å². The number of hydrogen-bond donors (Lipinski definition) is 1. The molecule has 0 atom stereocenters. The van der Waals surface area contributed by atoms with Crippen molar-refractivity contribution in [2.75, 3.05) is 6.67 Å². The summed E-state index contributed by atoms with van der Waals surface area (Å²) in [5.74, 6) is 0.848. The van der Waals surface area contributed by atoms with Crippen molar-refractivity contribution in [3.63, 3.8) is 0 Å². The van der Waals surface area contributed by atoms with Crippen LogP contribution >= 0.6 is 0 Å². The van der Waals surface area contributed by atoms with Crippen LogP contribution in [0.15, 0.2) is 0 Å². The van der Waals surface area contributed by atoms with Crippen LogP contribution < -0.4 is 5.73 Å². The summed E-state index contributed by atoms with van der Waals surface area (Å²) >= 11 is 0. The summed E-state index contributed by atoms with van der Waals surface area (Å²) in [5, 5.41) is 0. The van der Waals surface area contributed by atoms with Gasteiger partial charge in [0.2, 0.25) is 0 Å². The number of hydrogen-bond acceptors (Lipinski definition) is 1. The fraction of sp³-hybridized carbons (Fsp3) is 1.00. The van der Waals surface area contributed by atoms with Crippen LogP contribution in [0, 0.1) is 5.92 Å². The minimum absolute atomic E-state index is 0.166. The summed E-state index contributed by atoms with van der Waals surface area (Å²) in [6, 6.07) is 0. The Morgan fingerprint density at radius 3 is 2.42 bits per heavy atom. The highest BCUT2D eigenvalue weighted by Gasteiger charge is 2.30. The van der Waals surface area contributed by atoms with E-state index in [0.29, 0.717) is 6.42 Å². The minimum atomic E-state index is -0.257. The molecule has 0 spiro atoms. The Morgan fingerprint density at radius 2 is 2.00 bits per heavy atom. The van der Waals surface area contributed by atoms with Gasteiger partial charge in [0.1, 0.15) is 0 Å². The van der Waals surface area contributed by atoms with E-state index in [9.17, 15) is 4.39 Å². The molecular formula is C10H20FN. The lowest BCUT2D eigenvalue weighted by Gasteiger charge is -2.36. The van der Waals surface area contributed by atoms with Crippen molar-refractivity contribution in [1.82, 2.24) is 0 Å². The molecule has 1 aliphatic carbocycles. The molecule has 1 nitrogen and oxygen atoms in total. The van der Waals surface area contributed by atoms with Crippen LogP contribution in [0.2, 0.25) is 0 Å². The second-order valence-corrected chi connectivity index (χ2v) is 4.15. The second-order valence-electron chi connectivity index (χ2n) is 4.15. The van der Waals surface area contributed by atoms with Gasteiger partial charge in [-0.1, -0.05) is 13.3 Å². The Bertz CT molecular complexity index is 128. The van der Waals surface area contributed by atoms with Crippen molar-refractivity contribution in [3.8, 4) is 0 Å². The molecule has 0 bridgehead atoms. The number of nitrogens with two attached hydrogens (primary N) is 1. The first-order valence-electron chi connectivity index (χ1n) is 5.05. The highest BCUT2D eigenvalue weighted by molar-refractivity contribution is 4.89. The second kappa shape index (κ2) is 4.22. The van der Waals surface area contributed by atoms with Gasteiger partial charge in [-0.15, -0.1) is 0 Å². The van der Waals surface area contributed by atoms with E-state index < -0.39 is 0 Å². The Balaban J connectivity index is 2.33. The quantitative estimate of drug-likeness (QED) is 0.697. The molecular weight excluding hydrogens is 153 g/mol. The number of rotatable bonds is 3. The minimum Gasteiger partial charge on any atom is -0.325 e. The smallest absolute Gasteiger partial charge is 0.0911 e. The van der Waals surface area contributed by atoms with E-state index in [1.807, 2.05) is 0 Å². The molecule has 0 saturated heterocycles. The van der Waals surface area contributed by atoms with Crippen LogP contribution in [0.25, 0.3) is 0 Å². The maximum Gasteiger partial charge on any atom is 0.0911 e. The molecule has 1 fully saturated rings. The zero-order valence-electron chi connectivity index (χ0n) is 7.98. The number of halogens is 1. The van der Waals surface area contributed by atoms with Crippen molar-refractivity contribution in [3.05, 3.63) is 0 Å². The number of alkyl halides is 1. The van der Waals surface area contributed by atoms with Crippen molar-refractivity contribution in [2.24, 2.45) is 11.7 Å². The molecule has 12 heavy (non-hydrogen) atoms. The maximum absolute atomic E-state index is 12.1. The van der Waals surface area contributed by atoms with E-state index in [-0.39, 0.29) is 12.2 Å². The van der Waals surface area contributed by atoms with Crippen LogP contribution in [-0.2, 0) is 0 Å². The first-order valence-corrected chi connectivity index (χ1v) is 5.05. The Kier molecular flexibility index (Phi) is 3.51. The van der Waals surface area contributed by atoms with Gasteiger partial charge < -0.3 is 5.73 Å². The molecule has 2 heteroatoms. The molecule has 0 radical (unpaired) electrons. The molecule has 0 aromatic rings. The zero-order chi connectivity index (χ0) is 9.03. The van der Waals surface area contributed by atoms with Crippen LogP contribution in [0.5, 0.6) is 0 Å². The van der Waals surface area contributed by atoms with Gasteiger partial charge >= 0.3 is 0 Å². The van der Waals surface area contributed by atoms with Crippen LogP contribution in [0.1, 0.15) is 45.4 Å². The Labute approximate surface area is 74.5 Å². The van der Waals surface area contributed by atoms with E-state index in [0.717, 1.165) is 18.8 Å². The fourth-order valence-electron chi connectivity index (χ4n) is 2.10. The van der Waals surface area contributed by atoms with Gasteiger partial charge in [-0.3, -0.25) is 4.39 Å². The third-order valence-corrected chi connectivity index (χ3v) is 3.27.